The minimum absolute atomic E-state index is 0.383. The van der Waals surface area contributed by atoms with E-state index in [2.05, 4.69) is 10.3 Å². The Balaban J connectivity index is 2.47. The van der Waals surface area contributed by atoms with Gasteiger partial charge in [-0.3, -0.25) is 9.48 Å². The predicted molar refractivity (Wildman–Crippen MR) is 44.0 cm³/mol. The molecule has 0 saturated heterocycles. The summed E-state index contributed by atoms with van der Waals surface area (Å²) in [6, 6.07) is 0. The number of carbonyl (C=O) groups excluding carboxylic acids is 1. The van der Waals surface area contributed by atoms with Gasteiger partial charge in [-0.1, -0.05) is 5.21 Å². The summed E-state index contributed by atoms with van der Waals surface area (Å²) in [4.78, 5) is 12.3. The van der Waals surface area contributed by atoms with Crippen LogP contribution >= 0.6 is 0 Å². The van der Waals surface area contributed by atoms with E-state index in [1.54, 1.807) is 10.9 Å². The molecule has 0 atom stereocenters. The first-order valence-corrected chi connectivity index (χ1v) is 3.72. The SMILES string of the molecule is CN(C)CCn1cc(C=O)nn1. The number of aldehydes is 1. The maximum Gasteiger partial charge on any atom is 0.171 e. The van der Waals surface area contributed by atoms with E-state index in [4.69, 9.17) is 0 Å². The molecule has 5 nitrogen and oxygen atoms in total. The summed E-state index contributed by atoms with van der Waals surface area (Å²) in [5.41, 5.74) is 0.383. The van der Waals surface area contributed by atoms with Gasteiger partial charge in [-0.05, 0) is 14.1 Å². The fourth-order valence-electron chi connectivity index (χ4n) is 0.779. The molecule has 1 aromatic heterocycles. The Bertz CT molecular complexity index is 256. The predicted octanol–water partition coefficient (Wildman–Crippen LogP) is -0.348. The largest absolute Gasteiger partial charge is 0.308 e. The Morgan fingerprint density at radius 2 is 2.42 bits per heavy atom. The minimum Gasteiger partial charge on any atom is -0.308 e. The summed E-state index contributed by atoms with van der Waals surface area (Å²) in [6.07, 6.45) is 2.33. The van der Waals surface area contributed by atoms with Crippen molar-refractivity contribution < 1.29 is 4.79 Å². The molecule has 66 valence electrons. The molecular formula is C7H12N4O. The van der Waals surface area contributed by atoms with E-state index in [-0.39, 0.29) is 0 Å². The Morgan fingerprint density at radius 3 is 2.92 bits per heavy atom. The van der Waals surface area contributed by atoms with Gasteiger partial charge in [-0.25, -0.2) is 0 Å². The molecule has 0 aromatic carbocycles. The molecule has 0 N–H and O–H groups in total. The third-order valence-corrected chi connectivity index (χ3v) is 1.45. The molecule has 0 spiro atoms. The summed E-state index contributed by atoms with van der Waals surface area (Å²) in [6.45, 7) is 1.65. The number of hydrogen-bond acceptors (Lipinski definition) is 4. The zero-order valence-electron chi connectivity index (χ0n) is 7.27. The van der Waals surface area contributed by atoms with Crippen LogP contribution in [0.25, 0.3) is 0 Å². The van der Waals surface area contributed by atoms with Crippen molar-refractivity contribution in [2.75, 3.05) is 20.6 Å². The Kier molecular flexibility index (Phi) is 2.93. The van der Waals surface area contributed by atoms with E-state index in [0.717, 1.165) is 13.1 Å². The first-order valence-electron chi connectivity index (χ1n) is 3.72. The first-order chi connectivity index (χ1) is 5.72. The molecule has 0 amide bonds. The third-order valence-electron chi connectivity index (χ3n) is 1.45. The van der Waals surface area contributed by atoms with Crippen LogP contribution in [0.5, 0.6) is 0 Å². The van der Waals surface area contributed by atoms with Crippen molar-refractivity contribution in [1.82, 2.24) is 19.9 Å². The van der Waals surface area contributed by atoms with Crippen molar-refractivity contribution in [2.45, 2.75) is 6.54 Å². The second-order valence-corrected chi connectivity index (χ2v) is 2.83. The molecular weight excluding hydrogens is 156 g/mol. The molecule has 0 radical (unpaired) electrons. The van der Waals surface area contributed by atoms with Crippen LogP contribution in [0.15, 0.2) is 6.20 Å². The fraction of sp³-hybridized carbons (Fsp3) is 0.571. The second kappa shape index (κ2) is 3.96. The maximum atomic E-state index is 10.2. The number of carbonyl (C=O) groups is 1. The summed E-state index contributed by atoms with van der Waals surface area (Å²) in [5.74, 6) is 0. The molecule has 0 aliphatic heterocycles. The van der Waals surface area contributed by atoms with Crippen molar-refractivity contribution in [2.24, 2.45) is 0 Å². The highest BCUT2D eigenvalue weighted by Gasteiger charge is 1.98. The number of likely N-dealkylation sites (N-methyl/N-ethyl adjacent to an activating group) is 1. The highest BCUT2D eigenvalue weighted by atomic mass is 16.1. The lowest BCUT2D eigenvalue weighted by molar-refractivity contribution is 0.111. The van der Waals surface area contributed by atoms with Crippen molar-refractivity contribution in [3.05, 3.63) is 11.9 Å². The van der Waals surface area contributed by atoms with E-state index >= 15 is 0 Å². The van der Waals surface area contributed by atoms with E-state index < -0.39 is 0 Å². The topological polar surface area (TPSA) is 51.0 Å². The van der Waals surface area contributed by atoms with E-state index in [1.165, 1.54) is 0 Å². The minimum atomic E-state index is 0.383. The van der Waals surface area contributed by atoms with Gasteiger partial charge < -0.3 is 4.90 Å². The van der Waals surface area contributed by atoms with E-state index in [9.17, 15) is 4.79 Å². The molecule has 0 aliphatic carbocycles. The van der Waals surface area contributed by atoms with Crippen LogP contribution in [0.3, 0.4) is 0 Å². The molecule has 0 unspecified atom stereocenters. The summed E-state index contributed by atoms with van der Waals surface area (Å²) < 4.78 is 1.66. The lowest BCUT2D eigenvalue weighted by Gasteiger charge is -2.07. The number of rotatable bonds is 4. The van der Waals surface area contributed by atoms with Gasteiger partial charge in [0.2, 0.25) is 0 Å². The van der Waals surface area contributed by atoms with Gasteiger partial charge in [0.05, 0.1) is 12.7 Å². The highest BCUT2D eigenvalue weighted by Crippen LogP contribution is 1.88. The van der Waals surface area contributed by atoms with Crippen molar-refractivity contribution >= 4 is 6.29 Å². The van der Waals surface area contributed by atoms with Gasteiger partial charge in [-0.15, -0.1) is 5.10 Å². The van der Waals surface area contributed by atoms with Crippen LogP contribution in [0.2, 0.25) is 0 Å². The quantitative estimate of drug-likeness (QED) is 0.577. The average Bonchev–Trinajstić information content (AvgIpc) is 2.48. The lowest BCUT2D eigenvalue weighted by atomic mass is 10.5. The second-order valence-electron chi connectivity index (χ2n) is 2.83. The van der Waals surface area contributed by atoms with Gasteiger partial charge in [0.1, 0.15) is 5.69 Å². The molecule has 1 heterocycles. The van der Waals surface area contributed by atoms with Gasteiger partial charge >= 0.3 is 0 Å². The van der Waals surface area contributed by atoms with Crippen LogP contribution in [0, 0.1) is 0 Å². The molecule has 5 heteroatoms. The van der Waals surface area contributed by atoms with E-state index in [0.29, 0.717) is 12.0 Å². The monoisotopic (exact) mass is 168 g/mol. The van der Waals surface area contributed by atoms with Crippen molar-refractivity contribution in [3.63, 3.8) is 0 Å². The average molecular weight is 168 g/mol. The molecule has 0 saturated carbocycles. The Hall–Kier alpha value is -1.23. The normalized spacial score (nSPS) is 10.6. The lowest BCUT2D eigenvalue weighted by Crippen LogP contribution is -2.18. The van der Waals surface area contributed by atoms with Gasteiger partial charge in [0.15, 0.2) is 6.29 Å². The summed E-state index contributed by atoms with van der Waals surface area (Å²) in [5, 5.41) is 7.41. The van der Waals surface area contributed by atoms with Crippen molar-refractivity contribution in [3.8, 4) is 0 Å². The van der Waals surface area contributed by atoms with Crippen LogP contribution in [-0.4, -0.2) is 46.8 Å². The molecule has 0 bridgehead atoms. The van der Waals surface area contributed by atoms with Crippen LogP contribution in [0.1, 0.15) is 10.5 Å². The zero-order chi connectivity index (χ0) is 8.97. The molecule has 0 fully saturated rings. The van der Waals surface area contributed by atoms with Crippen LogP contribution < -0.4 is 0 Å². The molecule has 1 rings (SSSR count). The molecule has 1 aromatic rings. The number of nitrogens with zero attached hydrogens (tertiary/aromatic N) is 4. The van der Waals surface area contributed by atoms with Crippen LogP contribution in [-0.2, 0) is 6.54 Å². The van der Waals surface area contributed by atoms with Crippen molar-refractivity contribution in [1.29, 1.82) is 0 Å². The number of aromatic nitrogens is 3. The van der Waals surface area contributed by atoms with E-state index in [1.807, 2.05) is 19.0 Å². The fourth-order valence-corrected chi connectivity index (χ4v) is 0.779. The number of hydrogen-bond donors (Lipinski definition) is 0. The standard InChI is InChI=1S/C7H12N4O/c1-10(2)3-4-11-5-7(6-12)8-9-11/h5-6H,3-4H2,1-2H3. The molecule has 0 aliphatic rings. The summed E-state index contributed by atoms with van der Waals surface area (Å²) in [7, 11) is 3.97. The zero-order valence-corrected chi connectivity index (χ0v) is 7.27. The first kappa shape index (κ1) is 8.86. The Labute approximate surface area is 71.0 Å². The van der Waals surface area contributed by atoms with Gasteiger partial charge in [-0.2, -0.15) is 0 Å². The van der Waals surface area contributed by atoms with Gasteiger partial charge in [0, 0.05) is 6.54 Å². The smallest absolute Gasteiger partial charge is 0.171 e. The van der Waals surface area contributed by atoms with Crippen LogP contribution in [0.4, 0.5) is 0 Å². The Morgan fingerprint density at radius 1 is 1.67 bits per heavy atom. The third kappa shape index (κ3) is 2.43. The van der Waals surface area contributed by atoms with Gasteiger partial charge in [0.25, 0.3) is 0 Å². The molecule has 12 heavy (non-hydrogen) atoms. The highest BCUT2D eigenvalue weighted by molar-refractivity contribution is 5.70. The maximum absolute atomic E-state index is 10.2. The summed E-state index contributed by atoms with van der Waals surface area (Å²) >= 11 is 0.